The highest BCUT2D eigenvalue weighted by atomic mass is 28.4. The van der Waals surface area contributed by atoms with Crippen LogP contribution >= 0.6 is 0 Å². The molecule has 0 radical (unpaired) electrons. The summed E-state index contributed by atoms with van der Waals surface area (Å²) < 4.78 is 16.3. The van der Waals surface area contributed by atoms with Gasteiger partial charge in [-0.3, -0.25) is 4.79 Å². The Morgan fingerprint density at radius 3 is 1.81 bits per heavy atom. The lowest BCUT2D eigenvalue weighted by Gasteiger charge is -2.24. The summed E-state index contributed by atoms with van der Waals surface area (Å²) in [6.07, 6.45) is 0.978. The van der Waals surface area contributed by atoms with Crippen molar-refractivity contribution in [2.75, 3.05) is 21.3 Å². The Labute approximate surface area is 161 Å². The van der Waals surface area contributed by atoms with Crippen LogP contribution in [0.15, 0.2) is 66.2 Å². The normalized spacial score (nSPS) is 12.6. The predicted octanol–water partition coefficient (Wildman–Crippen LogP) is 4.50. The fourth-order valence-electron chi connectivity index (χ4n) is 2.91. The Hall–Kier alpha value is -2.25. The number of aliphatic hydroxyl groups is 1. The summed E-state index contributed by atoms with van der Waals surface area (Å²) in [5.74, 6) is -0.180. The van der Waals surface area contributed by atoms with E-state index >= 15 is 0 Å². The monoisotopic (exact) mass is 386 g/mol. The van der Waals surface area contributed by atoms with Gasteiger partial charge in [-0.1, -0.05) is 60.7 Å². The summed E-state index contributed by atoms with van der Waals surface area (Å²) >= 11 is 0. The van der Waals surface area contributed by atoms with Crippen molar-refractivity contribution in [1.29, 1.82) is 0 Å². The van der Waals surface area contributed by atoms with Crippen LogP contribution in [0, 0.1) is 0 Å². The van der Waals surface area contributed by atoms with E-state index in [9.17, 15) is 9.90 Å². The van der Waals surface area contributed by atoms with E-state index in [2.05, 4.69) is 0 Å². The number of allylic oxidation sites excluding steroid dienone is 1. The lowest BCUT2D eigenvalue weighted by Crippen LogP contribution is -2.42. The van der Waals surface area contributed by atoms with Gasteiger partial charge in [-0.05, 0) is 12.8 Å². The minimum Gasteiger partial charge on any atom is -0.507 e. The van der Waals surface area contributed by atoms with Crippen molar-refractivity contribution in [2.45, 2.75) is 18.9 Å². The van der Waals surface area contributed by atoms with Crippen molar-refractivity contribution in [3.8, 4) is 0 Å². The second-order valence-electron chi connectivity index (χ2n) is 6.04. The minimum atomic E-state index is -2.73. The Morgan fingerprint density at radius 1 is 0.852 bits per heavy atom. The number of Topliss-reactive ketones (excluding diaryl/α,β-unsaturated/α-hetero) is 1. The minimum absolute atomic E-state index is 0.00368. The second-order valence-corrected chi connectivity index (χ2v) is 9.13. The van der Waals surface area contributed by atoms with Gasteiger partial charge in [-0.2, -0.15) is 0 Å². The maximum atomic E-state index is 13.0. The summed E-state index contributed by atoms with van der Waals surface area (Å²) in [6.45, 7) is 0. The molecule has 2 aromatic rings. The summed E-state index contributed by atoms with van der Waals surface area (Å²) in [7, 11) is 1.96. The molecule has 0 heterocycles. The lowest BCUT2D eigenvalue weighted by atomic mass is 9.96. The molecule has 5 nitrogen and oxygen atoms in total. The van der Waals surface area contributed by atoms with Gasteiger partial charge in [0.1, 0.15) is 5.76 Å². The van der Waals surface area contributed by atoms with E-state index in [1.54, 1.807) is 45.6 Å². The van der Waals surface area contributed by atoms with E-state index < -0.39 is 8.80 Å². The Bertz CT molecular complexity index is 746. The molecule has 0 unspecified atom stereocenters. The molecular weight excluding hydrogens is 360 g/mol. The van der Waals surface area contributed by atoms with Crippen LogP contribution in [-0.2, 0) is 13.3 Å². The number of rotatable bonds is 10. The zero-order chi connectivity index (χ0) is 19.7. The lowest BCUT2D eigenvalue weighted by molar-refractivity contribution is 0.102. The van der Waals surface area contributed by atoms with E-state index in [0.29, 0.717) is 35.6 Å². The first-order valence-corrected chi connectivity index (χ1v) is 10.7. The molecule has 0 bridgehead atoms. The second kappa shape index (κ2) is 10.2. The van der Waals surface area contributed by atoms with Gasteiger partial charge in [0.25, 0.3) is 0 Å². The van der Waals surface area contributed by atoms with Crippen molar-refractivity contribution in [3.63, 3.8) is 0 Å². The molecular formula is C21H26O5Si. The van der Waals surface area contributed by atoms with Crippen molar-refractivity contribution in [2.24, 2.45) is 0 Å². The van der Waals surface area contributed by atoms with Gasteiger partial charge in [-0.25, -0.2) is 0 Å². The van der Waals surface area contributed by atoms with Crippen molar-refractivity contribution in [3.05, 3.63) is 77.4 Å². The summed E-state index contributed by atoms with van der Waals surface area (Å²) in [4.78, 5) is 13.0. The summed E-state index contributed by atoms with van der Waals surface area (Å²) in [5.41, 5.74) is 1.54. The highest BCUT2D eigenvalue weighted by Gasteiger charge is 2.37. The maximum Gasteiger partial charge on any atom is 0.500 e. The van der Waals surface area contributed by atoms with Crippen molar-refractivity contribution in [1.82, 2.24) is 0 Å². The van der Waals surface area contributed by atoms with Crippen LogP contribution in [0.5, 0.6) is 0 Å². The standard InChI is InChI=1S/C21H26O5Si/c1-24-27(25-2,26-3)16-10-15-19(20(22)17-11-6-4-7-12-17)21(23)18-13-8-5-9-14-18/h4-9,11-14,22H,10,15-16H2,1-3H3. The average molecular weight is 387 g/mol. The number of benzene rings is 2. The molecule has 2 rings (SSSR count). The molecule has 0 aromatic heterocycles. The third-order valence-electron chi connectivity index (χ3n) is 4.49. The Morgan fingerprint density at radius 2 is 1.33 bits per heavy atom. The Balaban J connectivity index is 2.29. The predicted molar refractivity (Wildman–Crippen MR) is 108 cm³/mol. The largest absolute Gasteiger partial charge is 0.507 e. The first-order chi connectivity index (χ1) is 13.1. The van der Waals surface area contributed by atoms with Crippen LogP contribution in [0.3, 0.4) is 0 Å². The number of hydrogen-bond donors (Lipinski definition) is 1. The molecule has 0 spiro atoms. The van der Waals surface area contributed by atoms with Gasteiger partial charge in [0.2, 0.25) is 0 Å². The average Bonchev–Trinajstić information content (AvgIpc) is 2.75. The van der Waals surface area contributed by atoms with E-state index in [1.807, 2.05) is 36.4 Å². The third-order valence-corrected chi connectivity index (χ3v) is 7.32. The smallest absolute Gasteiger partial charge is 0.500 e. The molecule has 6 heteroatoms. The van der Waals surface area contributed by atoms with Gasteiger partial charge < -0.3 is 18.4 Å². The summed E-state index contributed by atoms with van der Waals surface area (Å²) in [6, 6.07) is 18.6. The van der Waals surface area contributed by atoms with Gasteiger partial charge in [0.05, 0.1) is 0 Å². The molecule has 1 N–H and O–H groups in total. The van der Waals surface area contributed by atoms with Gasteiger partial charge in [0, 0.05) is 44.1 Å². The zero-order valence-electron chi connectivity index (χ0n) is 16.0. The first-order valence-electron chi connectivity index (χ1n) is 8.79. The first kappa shape index (κ1) is 21.1. The SMILES string of the molecule is CO[Si](CCCC(C(=O)c1ccccc1)=C(O)c1ccccc1)(OC)OC. The molecule has 0 aliphatic heterocycles. The molecule has 144 valence electrons. The van der Waals surface area contributed by atoms with Crippen LogP contribution in [-0.4, -0.2) is 41.0 Å². The molecule has 0 saturated heterocycles. The Kier molecular flexibility index (Phi) is 7.93. The number of aliphatic hydroxyl groups excluding tert-OH is 1. The topological polar surface area (TPSA) is 65.0 Å². The number of ketones is 1. The quantitative estimate of drug-likeness (QED) is 0.282. The highest BCUT2D eigenvalue weighted by Crippen LogP contribution is 2.26. The van der Waals surface area contributed by atoms with Gasteiger partial charge in [-0.15, -0.1) is 0 Å². The van der Waals surface area contributed by atoms with E-state index in [0.717, 1.165) is 0 Å². The van der Waals surface area contributed by atoms with E-state index in [1.165, 1.54) is 0 Å². The van der Waals surface area contributed by atoms with E-state index in [4.69, 9.17) is 13.3 Å². The van der Waals surface area contributed by atoms with Crippen LogP contribution in [0.4, 0.5) is 0 Å². The number of carbonyl (C=O) groups excluding carboxylic acids is 1. The summed E-state index contributed by atoms with van der Waals surface area (Å²) in [5, 5.41) is 10.8. The molecule has 0 atom stereocenters. The molecule has 2 aromatic carbocycles. The maximum absolute atomic E-state index is 13.0. The third kappa shape index (κ3) is 5.37. The molecule has 0 aliphatic carbocycles. The van der Waals surface area contributed by atoms with Gasteiger partial charge >= 0.3 is 8.80 Å². The fraction of sp³-hybridized carbons (Fsp3) is 0.286. The molecule has 27 heavy (non-hydrogen) atoms. The molecule has 0 aliphatic rings. The fourth-order valence-corrected chi connectivity index (χ4v) is 4.63. The molecule has 0 fully saturated rings. The van der Waals surface area contributed by atoms with Crippen LogP contribution < -0.4 is 0 Å². The molecule has 0 saturated carbocycles. The van der Waals surface area contributed by atoms with Crippen LogP contribution in [0.2, 0.25) is 6.04 Å². The van der Waals surface area contributed by atoms with Crippen LogP contribution in [0.1, 0.15) is 28.8 Å². The number of hydrogen-bond acceptors (Lipinski definition) is 5. The van der Waals surface area contributed by atoms with Crippen molar-refractivity contribution < 1.29 is 23.2 Å². The highest BCUT2D eigenvalue weighted by molar-refractivity contribution is 6.60. The molecule has 0 amide bonds. The zero-order valence-corrected chi connectivity index (χ0v) is 17.0. The number of carbonyl (C=O) groups is 1. The van der Waals surface area contributed by atoms with Gasteiger partial charge in [0.15, 0.2) is 5.78 Å². The van der Waals surface area contributed by atoms with Crippen molar-refractivity contribution >= 4 is 20.3 Å². The van der Waals surface area contributed by atoms with E-state index in [-0.39, 0.29) is 11.5 Å². The van der Waals surface area contributed by atoms with Crippen LogP contribution in [0.25, 0.3) is 5.76 Å².